The van der Waals surface area contributed by atoms with Gasteiger partial charge in [-0.15, -0.1) is 0 Å². The maximum Gasteiger partial charge on any atom is 0.119 e. The molecule has 1 aromatic rings. The average molecular weight is 268 g/mol. The Balaban J connectivity index is 1.82. The minimum atomic E-state index is 0.495. The van der Waals surface area contributed by atoms with E-state index >= 15 is 0 Å². The van der Waals surface area contributed by atoms with Gasteiger partial charge in [0.2, 0.25) is 0 Å². The summed E-state index contributed by atoms with van der Waals surface area (Å²) in [5.41, 5.74) is 0. The van der Waals surface area contributed by atoms with Gasteiger partial charge in [-0.05, 0) is 56.0 Å². The molecule has 2 rings (SSSR count). The fourth-order valence-electron chi connectivity index (χ4n) is 2.25. The molecule has 3 heteroatoms. The van der Waals surface area contributed by atoms with E-state index in [1.165, 1.54) is 25.7 Å². The van der Waals surface area contributed by atoms with Gasteiger partial charge in [0, 0.05) is 11.1 Å². The molecule has 0 aromatic heterocycles. The van der Waals surface area contributed by atoms with Crippen LogP contribution < -0.4 is 10.1 Å². The average Bonchev–Trinajstić information content (AvgIpc) is 2.32. The highest BCUT2D eigenvalue weighted by molar-refractivity contribution is 6.30. The predicted molar refractivity (Wildman–Crippen MR) is 76.4 cm³/mol. The van der Waals surface area contributed by atoms with Crippen LogP contribution in [0.4, 0.5) is 0 Å². The molecule has 0 spiro atoms. The SMILES string of the molecule is CCCNC(COc1ccc(Cl)cc1)C1CCC1. The molecule has 100 valence electrons. The van der Waals surface area contributed by atoms with Crippen molar-refractivity contribution < 1.29 is 4.74 Å². The van der Waals surface area contributed by atoms with Gasteiger partial charge in [-0.3, -0.25) is 0 Å². The van der Waals surface area contributed by atoms with Gasteiger partial charge in [-0.1, -0.05) is 24.9 Å². The standard InChI is InChI=1S/C15H22ClNO/c1-2-10-17-15(12-4-3-5-12)11-18-14-8-6-13(16)7-9-14/h6-9,12,15,17H,2-5,10-11H2,1H3. The lowest BCUT2D eigenvalue weighted by Gasteiger charge is -2.34. The van der Waals surface area contributed by atoms with Gasteiger partial charge < -0.3 is 10.1 Å². The largest absolute Gasteiger partial charge is 0.492 e. The lowest BCUT2D eigenvalue weighted by atomic mass is 9.80. The summed E-state index contributed by atoms with van der Waals surface area (Å²) in [7, 11) is 0. The molecule has 0 bridgehead atoms. The van der Waals surface area contributed by atoms with Crippen molar-refractivity contribution >= 4 is 11.6 Å². The summed E-state index contributed by atoms with van der Waals surface area (Å²) in [6.45, 7) is 4.03. The Morgan fingerprint density at radius 2 is 2.06 bits per heavy atom. The molecule has 1 fully saturated rings. The number of halogens is 1. The molecule has 1 aromatic carbocycles. The van der Waals surface area contributed by atoms with E-state index in [2.05, 4.69) is 12.2 Å². The minimum Gasteiger partial charge on any atom is -0.492 e. The Morgan fingerprint density at radius 1 is 1.33 bits per heavy atom. The van der Waals surface area contributed by atoms with E-state index in [-0.39, 0.29) is 0 Å². The van der Waals surface area contributed by atoms with Crippen LogP contribution in [0, 0.1) is 5.92 Å². The second kappa shape index (κ2) is 7.01. The van der Waals surface area contributed by atoms with E-state index in [0.29, 0.717) is 6.04 Å². The van der Waals surface area contributed by atoms with Crippen LogP contribution in [0.3, 0.4) is 0 Å². The number of nitrogens with one attached hydrogen (secondary N) is 1. The Bertz CT molecular complexity index is 348. The molecule has 0 aliphatic heterocycles. The quantitative estimate of drug-likeness (QED) is 0.809. The second-order valence-electron chi connectivity index (χ2n) is 5.02. The van der Waals surface area contributed by atoms with Crippen molar-refractivity contribution in [2.24, 2.45) is 5.92 Å². The maximum atomic E-state index is 5.86. The molecule has 18 heavy (non-hydrogen) atoms. The Kier molecular flexibility index (Phi) is 5.33. The van der Waals surface area contributed by atoms with Crippen molar-refractivity contribution in [3.05, 3.63) is 29.3 Å². The summed E-state index contributed by atoms with van der Waals surface area (Å²) in [5, 5.41) is 4.35. The van der Waals surface area contributed by atoms with Crippen LogP contribution in [-0.4, -0.2) is 19.2 Å². The highest BCUT2D eigenvalue weighted by Gasteiger charge is 2.27. The van der Waals surface area contributed by atoms with Crippen LogP contribution in [0.5, 0.6) is 5.75 Å². The first-order valence-corrected chi connectivity index (χ1v) is 7.29. The molecule has 0 radical (unpaired) electrons. The monoisotopic (exact) mass is 267 g/mol. The molecule has 0 saturated heterocycles. The summed E-state index contributed by atoms with van der Waals surface area (Å²) in [5.74, 6) is 1.70. The maximum absolute atomic E-state index is 5.86. The molecular formula is C15H22ClNO. The Morgan fingerprint density at radius 3 is 2.61 bits per heavy atom. The lowest BCUT2D eigenvalue weighted by molar-refractivity contribution is 0.162. The van der Waals surface area contributed by atoms with Crippen LogP contribution in [-0.2, 0) is 0 Å². The Hall–Kier alpha value is -0.730. The van der Waals surface area contributed by atoms with Crippen LogP contribution >= 0.6 is 11.6 Å². The van der Waals surface area contributed by atoms with Crippen molar-refractivity contribution in [1.82, 2.24) is 5.32 Å². The molecule has 2 nitrogen and oxygen atoms in total. The smallest absolute Gasteiger partial charge is 0.119 e. The van der Waals surface area contributed by atoms with Crippen LogP contribution in [0.25, 0.3) is 0 Å². The van der Waals surface area contributed by atoms with Gasteiger partial charge in [0.25, 0.3) is 0 Å². The zero-order valence-electron chi connectivity index (χ0n) is 11.0. The zero-order chi connectivity index (χ0) is 12.8. The van der Waals surface area contributed by atoms with E-state index in [0.717, 1.165) is 29.8 Å². The first kappa shape index (κ1) is 13.7. The predicted octanol–water partition coefficient (Wildman–Crippen LogP) is 3.89. The number of ether oxygens (including phenoxy) is 1. The molecular weight excluding hydrogens is 246 g/mol. The van der Waals surface area contributed by atoms with Gasteiger partial charge in [0.1, 0.15) is 12.4 Å². The van der Waals surface area contributed by atoms with E-state index in [4.69, 9.17) is 16.3 Å². The highest BCUT2D eigenvalue weighted by atomic mass is 35.5. The molecule has 1 atom stereocenters. The summed E-state index contributed by atoms with van der Waals surface area (Å²) in [4.78, 5) is 0. The molecule has 1 N–H and O–H groups in total. The van der Waals surface area contributed by atoms with Crippen molar-refractivity contribution in [3.63, 3.8) is 0 Å². The van der Waals surface area contributed by atoms with Crippen LogP contribution in [0.2, 0.25) is 5.02 Å². The number of benzene rings is 1. The van der Waals surface area contributed by atoms with Crippen LogP contribution in [0.15, 0.2) is 24.3 Å². The third kappa shape index (κ3) is 3.89. The second-order valence-corrected chi connectivity index (χ2v) is 5.45. The third-order valence-electron chi connectivity index (χ3n) is 3.62. The molecule has 0 amide bonds. The van der Waals surface area contributed by atoms with Gasteiger partial charge >= 0.3 is 0 Å². The summed E-state index contributed by atoms with van der Waals surface area (Å²) in [6.07, 6.45) is 5.22. The fourth-order valence-corrected chi connectivity index (χ4v) is 2.38. The zero-order valence-corrected chi connectivity index (χ0v) is 11.7. The molecule has 1 aliphatic rings. The van der Waals surface area contributed by atoms with Crippen molar-refractivity contribution in [1.29, 1.82) is 0 Å². The first-order valence-electron chi connectivity index (χ1n) is 6.91. The van der Waals surface area contributed by atoms with E-state index in [1.54, 1.807) is 0 Å². The van der Waals surface area contributed by atoms with Crippen molar-refractivity contribution in [3.8, 4) is 5.75 Å². The minimum absolute atomic E-state index is 0.495. The Labute approximate surface area is 115 Å². The number of hydrogen-bond donors (Lipinski definition) is 1. The summed E-state index contributed by atoms with van der Waals surface area (Å²) in [6, 6.07) is 8.10. The third-order valence-corrected chi connectivity index (χ3v) is 3.87. The first-order chi connectivity index (χ1) is 8.79. The highest BCUT2D eigenvalue weighted by Crippen LogP contribution is 2.30. The molecule has 1 aliphatic carbocycles. The van der Waals surface area contributed by atoms with E-state index in [9.17, 15) is 0 Å². The number of hydrogen-bond acceptors (Lipinski definition) is 2. The summed E-state index contributed by atoms with van der Waals surface area (Å²) < 4.78 is 5.86. The number of rotatable bonds is 7. The van der Waals surface area contributed by atoms with Gasteiger partial charge in [0.15, 0.2) is 0 Å². The van der Waals surface area contributed by atoms with Gasteiger partial charge in [-0.2, -0.15) is 0 Å². The normalized spacial score (nSPS) is 17.2. The van der Waals surface area contributed by atoms with E-state index in [1.807, 2.05) is 24.3 Å². The molecule has 1 saturated carbocycles. The van der Waals surface area contributed by atoms with E-state index < -0.39 is 0 Å². The lowest BCUT2D eigenvalue weighted by Crippen LogP contribution is -2.44. The van der Waals surface area contributed by atoms with Crippen molar-refractivity contribution in [2.45, 2.75) is 38.6 Å². The van der Waals surface area contributed by atoms with Gasteiger partial charge in [0.05, 0.1) is 0 Å². The fraction of sp³-hybridized carbons (Fsp3) is 0.600. The molecule has 0 heterocycles. The van der Waals surface area contributed by atoms with Gasteiger partial charge in [-0.25, -0.2) is 0 Å². The van der Waals surface area contributed by atoms with Crippen LogP contribution in [0.1, 0.15) is 32.6 Å². The summed E-state index contributed by atoms with van der Waals surface area (Å²) >= 11 is 5.86. The van der Waals surface area contributed by atoms with Crippen molar-refractivity contribution in [2.75, 3.05) is 13.2 Å². The topological polar surface area (TPSA) is 21.3 Å². The molecule has 1 unspecified atom stereocenters.